The summed E-state index contributed by atoms with van der Waals surface area (Å²) in [6.07, 6.45) is 0. The maximum Gasteiger partial charge on any atom is 0.332 e. The lowest BCUT2D eigenvalue weighted by Gasteiger charge is -2.12. The maximum atomic E-state index is 13.5. The quantitative estimate of drug-likeness (QED) is 0.382. The number of aromatic nitrogens is 4. The SMILES string of the molecule is Cn1c(=O)n(CC(=O)c2ccccc2)c(=O)c2c1nc(OCCN)n2Cc1ccc(F)cc1Cl. The van der Waals surface area contributed by atoms with Gasteiger partial charge in [-0.2, -0.15) is 4.98 Å². The number of hydrogen-bond donors (Lipinski definition) is 1. The van der Waals surface area contributed by atoms with Gasteiger partial charge in [-0.15, -0.1) is 0 Å². The van der Waals surface area contributed by atoms with Gasteiger partial charge in [0, 0.05) is 24.2 Å². The van der Waals surface area contributed by atoms with E-state index in [0.717, 1.165) is 10.6 Å². The normalized spacial score (nSPS) is 11.2. The number of carbonyl (C=O) groups is 1. The fourth-order valence-corrected chi connectivity index (χ4v) is 3.80. The van der Waals surface area contributed by atoms with Crippen LogP contribution in [0, 0.1) is 5.82 Å². The molecular formula is C23H21ClFN5O4. The van der Waals surface area contributed by atoms with Crippen LogP contribution >= 0.6 is 11.6 Å². The first-order valence-electron chi connectivity index (χ1n) is 10.4. The van der Waals surface area contributed by atoms with E-state index >= 15 is 0 Å². The number of ether oxygens (including phenoxy) is 1. The number of ketones is 1. The van der Waals surface area contributed by atoms with E-state index in [-0.39, 0.29) is 41.9 Å². The topological polar surface area (TPSA) is 114 Å². The van der Waals surface area contributed by atoms with Crippen LogP contribution in [0.15, 0.2) is 58.1 Å². The van der Waals surface area contributed by atoms with Gasteiger partial charge < -0.3 is 10.5 Å². The zero-order valence-electron chi connectivity index (χ0n) is 18.2. The molecule has 0 spiro atoms. The highest BCUT2D eigenvalue weighted by Crippen LogP contribution is 2.24. The predicted octanol–water partition coefficient (Wildman–Crippen LogP) is 1.96. The Hall–Kier alpha value is -3.76. The molecule has 34 heavy (non-hydrogen) atoms. The van der Waals surface area contributed by atoms with E-state index in [1.807, 2.05) is 0 Å². The molecular weight excluding hydrogens is 465 g/mol. The number of hydrogen-bond acceptors (Lipinski definition) is 6. The summed E-state index contributed by atoms with van der Waals surface area (Å²) in [6.45, 7) is -0.146. The molecule has 2 aromatic carbocycles. The molecule has 4 rings (SSSR count). The summed E-state index contributed by atoms with van der Waals surface area (Å²) in [5, 5.41) is 0.149. The highest BCUT2D eigenvalue weighted by atomic mass is 35.5. The predicted molar refractivity (Wildman–Crippen MR) is 125 cm³/mol. The summed E-state index contributed by atoms with van der Waals surface area (Å²) in [7, 11) is 1.45. The Morgan fingerprint density at radius 1 is 1.15 bits per heavy atom. The molecule has 0 atom stereocenters. The summed E-state index contributed by atoms with van der Waals surface area (Å²) >= 11 is 6.20. The Balaban J connectivity index is 1.89. The number of carbonyl (C=O) groups excluding carboxylic acids is 1. The van der Waals surface area contributed by atoms with E-state index in [1.165, 1.54) is 28.3 Å². The first-order valence-corrected chi connectivity index (χ1v) is 10.7. The van der Waals surface area contributed by atoms with E-state index in [2.05, 4.69) is 4.98 Å². The second kappa shape index (κ2) is 9.62. The Morgan fingerprint density at radius 2 is 1.88 bits per heavy atom. The lowest BCUT2D eigenvalue weighted by molar-refractivity contribution is 0.0969. The van der Waals surface area contributed by atoms with Crippen molar-refractivity contribution in [1.82, 2.24) is 18.7 Å². The molecule has 0 radical (unpaired) electrons. The van der Waals surface area contributed by atoms with Gasteiger partial charge in [0.15, 0.2) is 16.9 Å². The van der Waals surface area contributed by atoms with E-state index in [9.17, 15) is 18.8 Å². The summed E-state index contributed by atoms with van der Waals surface area (Å²) in [5.41, 5.74) is 5.12. The van der Waals surface area contributed by atoms with Crippen LogP contribution in [0.4, 0.5) is 4.39 Å². The van der Waals surface area contributed by atoms with Crippen LogP contribution in [0.5, 0.6) is 6.01 Å². The largest absolute Gasteiger partial charge is 0.463 e. The third kappa shape index (κ3) is 4.37. The fraction of sp³-hybridized carbons (Fsp3) is 0.217. The number of rotatable bonds is 8. The minimum Gasteiger partial charge on any atom is -0.463 e. The van der Waals surface area contributed by atoms with E-state index in [1.54, 1.807) is 30.3 Å². The van der Waals surface area contributed by atoms with Crippen molar-refractivity contribution in [3.05, 3.63) is 91.3 Å². The monoisotopic (exact) mass is 485 g/mol. The van der Waals surface area contributed by atoms with Crippen molar-refractivity contribution in [2.24, 2.45) is 12.8 Å². The molecule has 0 aliphatic carbocycles. The standard InChI is InChI=1S/C23H21ClFN5O4/c1-28-20-19(21(32)30(23(28)33)13-18(31)14-5-3-2-4-6-14)29(22(27-20)34-10-9-26)12-15-7-8-16(25)11-17(15)24/h2-8,11H,9-10,12-13,26H2,1H3. The van der Waals surface area contributed by atoms with E-state index in [4.69, 9.17) is 22.1 Å². The van der Waals surface area contributed by atoms with Crippen molar-refractivity contribution in [3.63, 3.8) is 0 Å². The number of halogens is 2. The van der Waals surface area contributed by atoms with Gasteiger partial charge in [-0.3, -0.25) is 23.3 Å². The van der Waals surface area contributed by atoms with Gasteiger partial charge in [0.2, 0.25) is 0 Å². The van der Waals surface area contributed by atoms with Crippen LogP contribution in [-0.4, -0.2) is 37.6 Å². The van der Waals surface area contributed by atoms with Crippen LogP contribution in [0.3, 0.4) is 0 Å². The molecule has 0 fully saturated rings. The molecule has 2 heterocycles. The van der Waals surface area contributed by atoms with Gasteiger partial charge in [-0.05, 0) is 17.7 Å². The van der Waals surface area contributed by atoms with Crippen molar-refractivity contribution in [1.29, 1.82) is 0 Å². The zero-order valence-corrected chi connectivity index (χ0v) is 19.0. The molecule has 0 aliphatic heterocycles. The van der Waals surface area contributed by atoms with Crippen LogP contribution < -0.4 is 21.7 Å². The number of nitrogens with two attached hydrogens (primary N) is 1. The molecule has 176 valence electrons. The average molecular weight is 486 g/mol. The van der Waals surface area contributed by atoms with Gasteiger partial charge in [-0.1, -0.05) is 48.0 Å². The second-order valence-electron chi connectivity index (χ2n) is 7.55. The second-order valence-corrected chi connectivity index (χ2v) is 7.95. The van der Waals surface area contributed by atoms with Gasteiger partial charge in [0.05, 0.1) is 13.1 Å². The summed E-state index contributed by atoms with van der Waals surface area (Å²) in [6, 6.07) is 12.3. The van der Waals surface area contributed by atoms with Gasteiger partial charge >= 0.3 is 5.69 Å². The average Bonchev–Trinajstić information content (AvgIpc) is 3.19. The summed E-state index contributed by atoms with van der Waals surface area (Å²) in [4.78, 5) is 43.5. The molecule has 0 saturated carbocycles. The fourth-order valence-electron chi connectivity index (χ4n) is 3.58. The summed E-state index contributed by atoms with van der Waals surface area (Å²) < 4.78 is 22.6. The number of imidazole rings is 1. The molecule has 4 aromatic rings. The Kier molecular flexibility index (Phi) is 6.62. The number of aryl methyl sites for hydroxylation is 1. The number of nitrogens with zero attached hydrogens (tertiary/aromatic N) is 4. The van der Waals surface area contributed by atoms with E-state index in [0.29, 0.717) is 11.1 Å². The van der Waals surface area contributed by atoms with E-state index < -0.39 is 29.4 Å². The molecule has 11 heteroatoms. The van der Waals surface area contributed by atoms with Crippen LogP contribution in [-0.2, 0) is 20.1 Å². The lowest BCUT2D eigenvalue weighted by Crippen LogP contribution is -2.41. The van der Waals surface area contributed by atoms with Crippen LogP contribution in [0.2, 0.25) is 5.02 Å². The minimum atomic E-state index is -0.712. The van der Waals surface area contributed by atoms with Crippen molar-refractivity contribution >= 4 is 28.5 Å². The van der Waals surface area contributed by atoms with Crippen LogP contribution in [0.1, 0.15) is 15.9 Å². The number of Topliss-reactive ketones (excluding diaryl/α,β-unsaturated/α-hetero) is 1. The number of fused-ring (bicyclic) bond motifs is 1. The Morgan fingerprint density at radius 3 is 2.56 bits per heavy atom. The van der Waals surface area contributed by atoms with Crippen molar-refractivity contribution in [3.8, 4) is 6.01 Å². The highest BCUT2D eigenvalue weighted by molar-refractivity contribution is 6.31. The van der Waals surface area contributed by atoms with Crippen LogP contribution in [0.25, 0.3) is 11.2 Å². The molecule has 0 amide bonds. The maximum absolute atomic E-state index is 13.5. The smallest absolute Gasteiger partial charge is 0.332 e. The molecule has 2 N–H and O–H groups in total. The van der Waals surface area contributed by atoms with Gasteiger partial charge in [-0.25, -0.2) is 9.18 Å². The first kappa shape index (κ1) is 23.4. The van der Waals surface area contributed by atoms with Crippen molar-refractivity contribution < 1.29 is 13.9 Å². The molecule has 0 unspecified atom stereocenters. The zero-order chi connectivity index (χ0) is 24.4. The lowest BCUT2D eigenvalue weighted by atomic mass is 10.1. The minimum absolute atomic E-state index is 0.00952. The third-order valence-corrected chi connectivity index (χ3v) is 5.64. The first-order chi connectivity index (χ1) is 16.3. The van der Waals surface area contributed by atoms with Crippen molar-refractivity contribution in [2.45, 2.75) is 13.1 Å². The number of benzene rings is 2. The Bertz CT molecular complexity index is 1490. The molecule has 0 aliphatic rings. The Labute approximate surface area is 197 Å². The third-order valence-electron chi connectivity index (χ3n) is 5.29. The summed E-state index contributed by atoms with van der Waals surface area (Å²) in [5.74, 6) is -0.903. The molecule has 0 bridgehead atoms. The van der Waals surface area contributed by atoms with Crippen molar-refractivity contribution in [2.75, 3.05) is 13.2 Å². The van der Waals surface area contributed by atoms with Gasteiger partial charge in [0.1, 0.15) is 12.4 Å². The highest BCUT2D eigenvalue weighted by Gasteiger charge is 2.23. The molecule has 2 aromatic heterocycles. The molecule has 9 nitrogen and oxygen atoms in total. The molecule has 0 saturated heterocycles. The van der Waals surface area contributed by atoms with Gasteiger partial charge in [0.25, 0.3) is 11.6 Å².